The van der Waals surface area contributed by atoms with E-state index < -0.39 is 28.8 Å². The van der Waals surface area contributed by atoms with Gasteiger partial charge in [-0.2, -0.15) is 0 Å². The van der Waals surface area contributed by atoms with E-state index in [4.69, 9.17) is 14.5 Å². The summed E-state index contributed by atoms with van der Waals surface area (Å²) in [6, 6.07) is 21.8. The van der Waals surface area contributed by atoms with Gasteiger partial charge < -0.3 is 30.1 Å². The maximum absolute atomic E-state index is 13.4. The van der Waals surface area contributed by atoms with E-state index in [9.17, 15) is 19.5 Å². The number of aliphatic hydroxyl groups is 1. The van der Waals surface area contributed by atoms with Crippen molar-refractivity contribution in [1.82, 2.24) is 35.1 Å². The number of pyridine rings is 2. The van der Waals surface area contributed by atoms with Crippen LogP contribution in [-0.4, -0.2) is 78.6 Å². The number of aromatic nitrogens is 4. The van der Waals surface area contributed by atoms with Crippen LogP contribution in [0, 0.1) is 5.41 Å². The number of aliphatic hydroxyl groups excluding tert-OH is 1. The monoisotopic (exact) mass is 723 g/mol. The van der Waals surface area contributed by atoms with Crippen molar-refractivity contribution in [3.05, 3.63) is 84.3 Å². The number of benzene rings is 2. The molecule has 2 aromatic carbocycles. The second kappa shape index (κ2) is 15.6. The molecule has 0 aliphatic carbocycles. The summed E-state index contributed by atoms with van der Waals surface area (Å²) < 4.78 is 12.5. The summed E-state index contributed by atoms with van der Waals surface area (Å²) in [6.45, 7) is 14.8. The largest absolute Gasteiger partial charge is 0.444 e. The van der Waals surface area contributed by atoms with Crippen molar-refractivity contribution < 1.29 is 29.0 Å². The summed E-state index contributed by atoms with van der Waals surface area (Å²) in [6.07, 6.45) is 0.625. The second-order valence-corrected chi connectivity index (χ2v) is 15.8. The minimum Gasteiger partial charge on any atom is -0.444 e. The Labute approximate surface area is 309 Å². The normalized spacial score (nSPS) is 12.1. The fourth-order valence-electron chi connectivity index (χ4n) is 5.65. The number of hydrogen-bond acceptors (Lipinski definition) is 9. The topological polar surface area (TPSA) is 160 Å². The summed E-state index contributed by atoms with van der Waals surface area (Å²) in [5, 5.41) is 24.9. The van der Waals surface area contributed by atoms with Crippen molar-refractivity contribution in [2.45, 2.75) is 79.7 Å². The van der Waals surface area contributed by atoms with Crippen molar-refractivity contribution >= 4 is 34.6 Å². The van der Waals surface area contributed by atoms with E-state index in [1.807, 2.05) is 85.1 Å². The molecule has 3 aromatic heterocycles. The SMILES string of the molecule is CC(C)(CO)CN(Cc1ccc(-c2nc3ccn4c(CNC(=O)OC(C)(C)C)nnc4c3cc2-c2ccccc2)cc1)C(=O)CNC(=O)OC(C)(C)C. The number of rotatable bonds is 11. The smallest absolute Gasteiger partial charge is 0.408 e. The first-order chi connectivity index (χ1) is 24.9. The molecule has 53 heavy (non-hydrogen) atoms. The van der Waals surface area contributed by atoms with Crippen LogP contribution in [0.2, 0.25) is 0 Å². The molecule has 0 aliphatic rings. The number of nitrogens with one attached hydrogen (secondary N) is 2. The van der Waals surface area contributed by atoms with Crippen molar-refractivity contribution in [1.29, 1.82) is 0 Å². The number of alkyl carbamates (subject to hydrolysis) is 2. The highest BCUT2D eigenvalue weighted by Crippen LogP contribution is 2.35. The van der Waals surface area contributed by atoms with E-state index in [1.54, 1.807) is 46.4 Å². The Morgan fingerprint density at radius 2 is 1.45 bits per heavy atom. The third-order valence-electron chi connectivity index (χ3n) is 8.10. The van der Waals surface area contributed by atoms with Crippen LogP contribution in [0.4, 0.5) is 9.59 Å². The average Bonchev–Trinajstić information content (AvgIpc) is 3.51. The number of ether oxygens (including phenoxy) is 2. The molecule has 0 unspecified atom stereocenters. The first-order valence-corrected chi connectivity index (χ1v) is 17.6. The van der Waals surface area contributed by atoms with Gasteiger partial charge in [0.1, 0.15) is 17.7 Å². The summed E-state index contributed by atoms with van der Waals surface area (Å²) in [7, 11) is 0. The van der Waals surface area contributed by atoms with E-state index in [0.29, 0.717) is 11.5 Å². The number of carbonyl (C=O) groups excluding carboxylic acids is 3. The highest BCUT2D eigenvalue weighted by molar-refractivity contribution is 5.98. The predicted molar refractivity (Wildman–Crippen MR) is 203 cm³/mol. The zero-order valence-corrected chi connectivity index (χ0v) is 31.7. The molecule has 3 amide bonds. The minimum absolute atomic E-state index is 0.115. The van der Waals surface area contributed by atoms with Gasteiger partial charge in [0.15, 0.2) is 11.5 Å². The predicted octanol–water partition coefficient (Wildman–Crippen LogP) is 6.51. The first kappa shape index (κ1) is 38.7. The zero-order chi connectivity index (χ0) is 38.6. The van der Waals surface area contributed by atoms with Crippen LogP contribution in [0.1, 0.15) is 66.8 Å². The van der Waals surface area contributed by atoms with Gasteiger partial charge in [0.2, 0.25) is 5.91 Å². The quantitative estimate of drug-likeness (QED) is 0.138. The number of amides is 3. The molecule has 0 radical (unpaired) electrons. The maximum atomic E-state index is 13.4. The van der Waals surface area contributed by atoms with Crippen molar-refractivity contribution in [3.8, 4) is 22.4 Å². The summed E-state index contributed by atoms with van der Waals surface area (Å²) in [4.78, 5) is 44.7. The molecule has 0 fully saturated rings. The van der Waals surface area contributed by atoms with Gasteiger partial charge in [0.25, 0.3) is 0 Å². The second-order valence-electron chi connectivity index (χ2n) is 15.8. The Balaban J connectivity index is 1.44. The third kappa shape index (κ3) is 10.3. The van der Waals surface area contributed by atoms with E-state index >= 15 is 0 Å². The van der Waals surface area contributed by atoms with Gasteiger partial charge in [0, 0.05) is 47.8 Å². The molecular weight excluding hydrogens is 674 g/mol. The van der Waals surface area contributed by atoms with Crippen LogP contribution in [0.3, 0.4) is 0 Å². The lowest BCUT2D eigenvalue weighted by Crippen LogP contribution is -2.45. The number of fused-ring (bicyclic) bond motifs is 3. The van der Waals surface area contributed by atoms with Gasteiger partial charge in [-0.15, -0.1) is 10.2 Å². The molecule has 0 saturated carbocycles. The van der Waals surface area contributed by atoms with E-state index in [2.05, 4.69) is 26.9 Å². The Hall–Kier alpha value is -5.56. The molecule has 13 nitrogen and oxygen atoms in total. The van der Waals surface area contributed by atoms with Crippen LogP contribution in [0.5, 0.6) is 0 Å². The van der Waals surface area contributed by atoms with Crippen molar-refractivity contribution in [2.24, 2.45) is 5.41 Å². The highest BCUT2D eigenvalue weighted by atomic mass is 16.6. The van der Waals surface area contributed by atoms with Gasteiger partial charge in [-0.1, -0.05) is 68.4 Å². The lowest BCUT2D eigenvalue weighted by Gasteiger charge is -2.32. The van der Waals surface area contributed by atoms with Gasteiger partial charge in [-0.25, -0.2) is 14.6 Å². The van der Waals surface area contributed by atoms with E-state index in [1.165, 1.54) is 0 Å². The first-order valence-electron chi connectivity index (χ1n) is 17.6. The Morgan fingerprint density at radius 1 is 0.811 bits per heavy atom. The lowest BCUT2D eigenvalue weighted by molar-refractivity contribution is -0.132. The average molecular weight is 724 g/mol. The third-order valence-corrected chi connectivity index (χ3v) is 8.10. The van der Waals surface area contributed by atoms with Gasteiger partial charge in [-0.3, -0.25) is 9.20 Å². The maximum Gasteiger partial charge on any atom is 0.408 e. The van der Waals surface area contributed by atoms with E-state index in [0.717, 1.165) is 38.9 Å². The van der Waals surface area contributed by atoms with Crippen molar-refractivity contribution in [3.63, 3.8) is 0 Å². The molecule has 0 atom stereocenters. The summed E-state index contributed by atoms with van der Waals surface area (Å²) in [5.74, 6) is 0.247. The fourth-order valence-corrected chi connectivity index (χ4v) is 5.65. The molecule has 5 aromatic rings. The molecule has 3 N–H and O–H groups in total. The molecule has 0 saturated heterocycles. The number of hydrogen-bond donors (Lipinski definition) is 3. The fraction of sp³-hybridized carbons (Fsp3) is 0.400. The van der Waals surface area contributed by atoms with Crippen LogP contribution in [0.15, 0.2) is 72.9 Å². The zero-order valence-electron chi connectivity index (χ0n) is 31.7. The summed E-state index contributed by atoms with van der Waals surface area (Å²) in [5.41, 5.74) is 3.81. The lowest BCUT2D eigenvalue weighted by atomic mass is 9.93. The van der Waals surface area contributed by atoms with Crippen LogP contribution in [0.25, 0.3) is 38.9 Å². The molecule has 0 spiro atoms. The van der Waals surface area contributed by atoms with Crippen LogP contribution in [-0.2, 0) is 27.4 Å². The Bertz CT molecular complexity index is 2080. The molecule has 280 valence electrons. The van der Waals surface area contributed by atoms with Crippen molar-refractivity contribution in [2.75, 3.05) is 19.7 Å². The standard InChI is InChI=1S/C40H49N7O6/c1-38(2,3)52-36(50)41-21-32-44-45-35-30-20-29(27-12-10-9-11-13-27)34(43-31(30)18-19-47(32)35)28-16-14-26(15-17-28)23-46(24-40(7,8)25-48)33(49)22-42-37(51)53-39(4,5)6/h9-20,48H,21-25H2,1-8H3,(H,41,50)(H,42,51). The van der Waals surface area contributed by atoms with Gasteiger partial charge in [0.05, 0.1) is 17.8 Å². The van der Waals surface area contributed by atoms with Gasteiger partial charge >= 0.3 is 12.2 Å². The Kier molecular flexibility index (Phi) is 11.4. The number of carbonyl (C=O) groups is 3. The van der Waals surface area contributed by atoms with E-state index in [-0.39, 0.29) is 38.7 Å². The van der Waals surface area contributed by atoms with Crippen LogP contribution < -0.4 is 10.6 Å². The number of nitrogens with zero attached hydrogens (tertiary/aromatic N) is 5. The molecule has 3 heterocycles. The summed E-state index contributed by atoms with van der Waals surface area (Å²) >= 11 is 0. The Morgan fingerprint density at radius 3 is 2.08 bits per heavy atom. The molecule has 0 bridgehead atoms. The highest BCUT2D eigenvalue weighted by Gasteiger charge is 2.26. The molecular formula is C40H49N7O6. The van der Waals surface area contributed by atoms with Crippen LogP contribution >= 0.6 is 0 Å². The molecule has 5 rings (SSSR count). The molecule has 0 aliphatic heterocycles. The van der Waals surface area contributed by atoms with Gasteiger partial charge in [-0.05, 0) is 64.8 Å². The minimum atomic E-state index is -0.692. The molecule has 13 heteroatoms.